The molecule has 3 amide bonds. The molecule has 5 rings (SSSR count). The number of carbonyl (C=O) groups is 3. The topological polar surface area (TPSA) is 91.8 Å². The molecule has 0 radical (unpaired) electrons. The molecule has 2 fully saturated rings. The standard InChI is InChI=1S/C28H26F2N4O4/c29-22-7-3-20(4-8-22)26(36)33-14-11-28(12-15-33)34(27(37)21-5-9-23(30)10-6-21)24(18-38-28)25(35)32-17-19-2-1-13-31-16-19/h1-10,13,16,24H,11-12,14-15,17-18H2,(H,32,35)/t24-/m1/s1. The number of hydrogen-bond acceptors (Lipinski definition) is 5. The summed E-state index contributed by atoms with van der Waals surface area (Å²) in [6.07, 6.45) is 3.83. The maximum absolute atomic E-state index is 13.7. The lowest BCUT2D eigenvalue weighted by atomic mass is 9.96. The van der Waals surface area contributed by atoms with Gasteiger partial charge in [-0.2, -0.15) is 0 Å². The second-order valence-corrected chi connectivity index (χ2v) is 9.33. The number of amides is 3. The van der Waals surface area contributed by atoms with Crippen molar-refractivity contribution in [2.45, 2.75) is 31.2 Å². The molecule has 2 aromatic carbocycles. The highest BCUT2D eigenvalue weighted by Gasteiger charge is 2.54. The van der Waals surface area contributed by atoms with E-state index in [2.05, 4.69) is 10.3 Å². The van der Waals surface area contributed by atoms with Crippen molar-refractivity contribution in [1.82, 2.24) is 20.1 Å². The van der Waals surface area contributed by atoms with Crippen LogP contribution in [0.2, 0.25) is 0 Å². The van der Waals surface area contributed by atoms with Gasteiger partial charge in [0.25, 0.3) is 11.8 Å². The van der Waals surface area contributed by atoms with Crippen LogP contribution in [-0.4, -0.2) is 64.0 Å². The van der Waals surface area contributed by atoms with Crippen LogP contribution in [0, 0.1) is 11.6 Å². The predicted molar refractivity (Wildman–Crippen MR) is 133 cm³/mol. The number of rotatable bonds is 5. The van der Waals surface area contributed by atoms with E-state index < -0.39 is 29.3 Å². The van der Waals surface area contributed by atoms with Crippen molar-refractivity contribution in [3.8, 4) is 0 Å². The van der Waals surface area contributed by atoms with Crippen molar-refractivity contribution in [2.24, 2.45) is 0 Å². The third-order valence-corrected chi connectivity index (χ3v) is 6.99. The van der Waals surface area contributed by atoms with Gasteiger partial charge in [-0.05, 0) is 60.2 Å². The quantitative estimate of drug-likeness (QED) is 0.558. The van der Waals surface area contributed by atoms with Gasteiger partial charge in [-0.25, -0.2) is 8.78 Å². The molecular weight excluding hydrogens is 494 g/mol. The van der Waals surface area contributed by atoms with Crippen LogP contribution in [0.25, 0.3) is 0 Å². The summed E-state index contributed by atoms with van der Waals surface area (Å²) >= 11 is 0. The molecule has 2 aliphatic rings. The lowest BCUT2D eigenvalue weighted by Crippen LogP contribution is -2.59. The molecule has 2 saturated heterocycles. The molecule has 38 heavy (non-hydrogen) atoms. The Kier molecular flexibility index (Phi) is 7.15. The van der Waals surface area contributed by atoms with Gasteiger partial charge in [0.2, 0.25) is 5.91 Å². The van der Waals surface area contributed by atoms with E-state index in [1.165, 1.54) is 53.4 Å². The molecule has 0 unspecified atom stereocenters. The number of nitrogens with one attached hydrogen (secondary N) is 1. The second kappa shape index (κ2) is 10.7. The highest BCUT2D eigenvalue weighted by Crippen LogP contribution is 2.39. The maximum Gasteiger partial charge on any atom is 0.256 e. The first kappa shape index (κ1) is 25.5. The molecule has 1 aromatic heterocycles. The highest BCUT2D eigenvalue weighted by atomic mass is 19.1. The van der Waals surface area contributed by atoms with E-state index in [0.717, 1.165) is 5.56 Å². The Labute approximate surface area is 218 Å². The predicted octanol–water partition coefficient (Wildman–Crippen LogP) is 3.15. The number of ether oxygens (including phenoxy) is 1. The smallest absolute Gasteiger partial charge is 0.256 e. The number of hydrogen-bond donors (Lipinski definition) is 1. The minimum Gasteiger partial charge on any atom is -0.353 e. The van der Waals surface area contributed by atoms with Gasteiger partial charge < -0.3 is 15.0 Å². The Hall–Kier alpha value is -4.18. The molecule has 196 valence electrons. The van der Waals surface area contributed by atoms with Crippen molar-refractivity contribution < 1.29 is 27.9 Å². The number of aromatic nitrogens is 1. The second-order valence-electron chi connectivity index (χ2n) is 9.33. The van der Waals surface area contributed by atoms with Crippen LogP contribution >= 0.6 is 0 Å². The molecular formula is C28H26F2N4O4. The zero-order valence-electron chi connectivity index (χ0n) is 20.5. The average molecular weight is 521 g/mol. The molecule has 10 heteroatoms. The third-order valence-electron chi connectivity index (χ3n) is 6.99. The lowest BCUT2D eigenvalue weighted by molar-refractivity contribution is -0.128. The van der Waals surface area contributed by atoms with Crippen molar-refractivity contribution in [3.63, 3.8) is 0 Å². The molecule has 0 aliphatic carbocycles. The Bertz CT molecular complexity index is 1310. The summed E-state index contributed by atoms with van der Waals surface area (Å²) in [4.78, 5) is 47.0. The number of likely N-dealkylation sites (tertiary alicyclic amines) is 1. The fourth-order valence-corrected chi connectivity index (χ4v) is 4.94. The summed E-state index contributed by atoms with van der Waals surface area (Å²) in [5, 5.41) is 2.85. The SMILES string of the molecule is O=C(NCc1cccnc1)[C@H]1COC2(CCN(C(=O)c3ccc(F)cc3)CC2)N1C(=O)c1ccc(F)cc1. The summed E-state index contributed by atoms with van der Waals surface area (Å²) in [5.74, 6) is -2.00. The first-order valence-corrected chi connectivity index (χ1v) is 12.3. The van der Waals surface area contributed by atoms with E-state index in [1.54, 1.807) is 23.4 Å². The summed E-state index contributed by atoms with van der Waals surface area (Å²) < 4.78 is 33.0. The Morgan fingerprint density at radius 3 is 2.11 bits per heavy atom. The normalized spacial score (nSPS) is 18.4. The van der Waals surface area contributed by atoms with Gasteiger partial charge in [0.1, 0.15) is 23.4 Å². The van der Waals surface area contributed by atoms with Gasteiger partial charge in [-0.3, -0.25) is 24.3 Å². The minimum atomic E-state index is -1.11. The van der Waals surface area contributed by atoms with Gasteiger partial charge in [0.05, 0.1) is 6.61 Å². The Balaban J connectivity index is 1.36. The molecule has 1 atom stereocenters. The van der Waals surface area contributed by atoms with Crippen LogP contribution in [-0.2, 0) is 16.1 Å². The summed E-state index contributed by atoms with van der Waals surface area (Å²) in [6, 6.07) is 13.1. The molecule has 8 nitrogen and oxygen atoms in total. The van der Waals surface area contributed by atoms with Crippen molar-refractivity contribution in [2.75, 3.05) is 19.7 Å². The van der Waals surface area contributed by atoms with Gasteiger partial charge in [0.15, 0.2) is 0 Å². The van der Waals surface area contributed by atoms with E-state index in [0.29, 0.717) is 5.56 Å². The first-order chi connectivity index (χ1) is 18.4. The van der Waals surface area contributed by atoms with E-state index in [1.807, 2.05) is 6.07 Å². The van der Waals surface area contributed by atoms with Gasteiger partial charge >= 0.3 is 0 Å². The summed E-state index contributed by atoms with van der Waals surface area (Å²) in [6.45, 7) is 0.757. The molecule has 3 aromatic rings. The Morgan fingerprint density at radius 2 is 1.53 bits per heavy atom. The van der Waals surface area contributed by atoms with Gasteiger partial charge in [-0.15, -0.1) is 0 Å². The van der Waals surface area contributed by atoms with E-state index in [-0.39, 0.29) is 56.5 Å². The van der Waals surface area contributed by atoms with Crippen molar-refractivity contribution >= 4 is 17.7 Å². The molecule has 0 saturated carbocycles. The van der Waals surface area contributed by atoms with E-state index in [9.17, 15) is 23.2 Å². The summed E-state index contributed by atoms with van der Waals surface area (Å²) in [7, 11) is 0. The fourth-order valence-electron chi connectivity index (χ4n) is 4.94. The zero-order chi connectivity index (χ0) is 26.7. The van der Waals surface area contributed by atoms with Crippen LogP contribution in [0.3, 0.4) is 0 Å². The van der Waals surface area contributed by atoms with Gasteiger partial charge in [0, 0.05) is 56.0 Å². The first-order valence-electron chi connectivity index (χ1n) is 12.3. The van der Waals surface area contributed by atoms with Crippen LogP contribution in [0.4, 0.5) is 8.78 Å². The monoisotopic (exact) mass is 520 g/mol. The molecule has 1 N–H and O–H groups in total. The fraction of sp³-hybridized carbons (Fsp3) is 0.286. The largest absolute Gasteiger partial charge is 0.353 e. The summed E-state index contributed by atoms with van der Waals surface area (Å²) in [5.41, 5.74) is 0.285. The molecule has 2 aliphatic heterocycles. The van der Waals surface area contributed by atoms with E-state index in [4.69, 9.17) is 4.74 Å². The average Bonchev–Trinajstić information content (AvgIpc) is 3.31. The van der Waals surface area contributed by atoms with Gasteiger partial charge in [-0.1, -0.05) is 6.07 Å². The third kappa shape index (κ3) is 5.12. The minimum absolute atomic E-state index is 0.0162. The van der Waals surface area contributed by atoms with E-state index >= 15 is 0 Å². The number of piperidine rings is 1. The number of benzene rings is 2. The number of carbonyl (C=O) groups excluding carboxylic acids is 3. The molecule has 1 spiro atoms. The highest BCUT2D eigenvalue weighted by molar-refractivity contribution is 5.98. The number of halogens is 2. The lowest BCUT2D eigenvalue weighted by Gasteiger charge is -2.44. The number of pyridine rings is 1. The molecule has 3 heterocycles. The van der Waals surface area contributed by atoms with Crippen LogP contribution < -0.4 is 5.32 Å². The van der Waals surface area contributed by atoms with Crippen molar-refractivity contribution in [3.05, 3.63) is 101 Å². The maximum atomic E-state index is 13.7. The Morgan fingerprint density at radius 1 is 0.921 bits per heavy atom. The zero-order valence-corrected chi connectivity index (χ0v) is 20.5. The van der Waals surface area contributed by atoms with Crippen LogP contribution in [0.1, 0.15) is 39.1 Å². The van der Waals surface area contributed by atoms with Crippen LogP contribution in [0.15, 0.2) is 73.1 Å². The molecule has 0 bridgehead atoms. The number of nitrogens with zero attached hydrogens (tertiary/aromatic N) is 3. The van der Waals surface area contributed by atoms with Crippen LogP contribution in [0.5, 0.6) is 0 Å². The van der Waals surface area contributed by atoms with Crippen molar-refractivity contribution in [1.29, 1.82) is 0 Å².